The van der Waals surface area contributed by atoms with Crippen LogP contribution in [0, 0.1) is 40.9 Å². The van der Waals surface area contributed by atoms with Crippen molar-refractivity contribution in [2.75, 3.05) is 19.8 Å². The van der Waals surface area contributed by atoms with E-state index in [2.05, 4.69) is 33.8 Å². The molecule has 0 heterocycles. The van der Waals surface area contributed by atoms with E-state index in [0.29, 0.717) is 13.2 Å². The van der Waals surface area contributed by atoms with Crippen LogP contribution in [-0.2, 0) is 33.2 Å². The fourth-order valence-electron chi connectivity index (χ4n) is 7.50. The van der Waals surface area contributed by atoms with E-state index in [1.165, 1.54) is 0 Å². The highest BCUT2D eigenvalue weighted by atomic mass is 32.2. The second kappa shape index (κ2) is 15.7. The average Bonchev–Trinajstić information content (AvgIpc) is 2.95. The first-order chi connectivity index (χ1) is 20.7. The maximum absolute atomic E-state index is 13.3. The molecule has 0 bridgehead atoms. The van der Waals surface area contributed by atoms with Gasteiger partial charge in [-0.25, -0.2) is 0 Å². The van der Waals surface area contributed by atoms with Gasteiger partial charge in [-0.1, -0.05) is 56.9 Å². The van der Waals surface area contributed by atoms with Crippen LogP contribution in [0.5, 0.6) is 0 Å². The number of nitriles is 1. The van der Waals surface area contributed by atoms with E-state index < -0.39 is 39.6 Å². The number of hydrogen-bond donors (Lipinski definition) is 0. The molecule has 0 amide bonds. The topological polar surface area (TPSA) is 104 Å². The van der Waals surface area contributed by atoms with Gasteiger partial charge in [-0.2, -0.15) is 13.7 Å². The van der Waals surface area contributed by atoms with Crippen molar-refractivity contribution in [3.63, 3.8) is 0 Å². The van der Waals surface area contributed by atoms with Crippen molar-refractivity contribution >= 4 is 10.1 Å². The molecule has 9 heteroatoms. The molecule has 0 aromatic heterocycles. The molecule has 44 heavy (non-hydrogen) atoms. The molecule has 0 saturated heterocycles. The summed E-state index contributed by atoms with van der Waals surface area (Å²) in [6.45, 7) is 19.2. The smallest absolute Gasteiger partial charge is 0.296 e. The van der Waals surface area contributed by atoms with E-state index >= 15 is 0 Å². The van der Waals surface area contributed by atoms with Crippen molar-refractivity contribution in [2.45, 2.75) is 131 Å². The Balaban J connectivity index is 1.99. The molecule has 0 spiro atoms. The Hall–Kier alpha value is -1.80. The molecular weight excluding hydrogens is 578 g/mol. The second-order valence-corrected chi connectivity index (χ2v) is 15.0. The van der Waals surface area contributed by atoms with Gasteiger partial charge in [-0.15, -0.1) is 0 Å². The van der Waals surface area contributed by atoms with Gasteiger partial charge in [-0.3, -0.25) is 4.18 Å². The van der Waals surface area contributed by atoms with Gasteiger partial charge < -0.3 is 18.9 Å². The summed E-state index contributed by atoms with van der Waals surface area (Å²) in [7, 11) is -3.93. The molecule has 7 atom stereocenters. The first-order valence-electron chi connectivity index (χ1n) is 16.3. The maximum atomic E-state index is 13.3. The predicted octanol–water partition coefficient (Wildman–Crippen LogP) is 7.71. The van der Waals surface area contributed by atoms with E-state index in [-0.39, 0.29) is 29.4 Å². The monoisotopic (exact) mass is 633 g/mol. The predicted molar refractivity (Wildman–Crippen MR) is 171 cm³/mol. The summed E-state index contributed by atoms with van der Waals surface area (Å²) in [6.07, 6.45) is 3.46. The normalized spacial score (nSPS) is 26.9. The lowest BCUT2D eigenvalue weighted by molar-refractivity contribution is -0.213. The third-order valence-corrected chi connectivity index (χ3v) is 11.1. The molecule has 3 rings (SSSR count). The van der Waals surface area contributed by atoms with E-state index in [1.807, 2.05) is 34.6 Å². The molecule has 0 N–H and O–H groups in total. The first-order valence-corrected chi connectivity index (χ1v) is 17.7. The minimum atomic E-state index is -3.93. The number of allylic oxidation sites excluding steroid dienone is 1. The summed E-state index contributed by atoms with van der Waals surface area (Å²) >= 11 is 0. The Morgan fingerprint density at radius 3 is 2.14 bits per heavy atom. The first kappa shape index (κ1) is 36.7. The van der Waals surface area contributed by atoms with Crippen LogP contribution in [0.15, 0.2) is 40.3 Å². The molecule has 1 aromatic rings. The number of rotatable bonds is 15. The van der Waals surface area contributed by atoms with Gasteiger partial charge in [0.15, 0.2) is 18.7 Å². The summed E-state index contributed by atoms with van der Waals surface area (Å²) in [5, 5.41) is 10.3. The van der Waals surface area contributed by atoms with Crippen LogP contribution in [0.25, 0.3) is 0 Å². The molecule has 3 unspecified atom stereocenters. The zero-order chi connectivity index (χ0) is 32.7. The minimum Gasteiger partial charge on any atom is -0.353 e. The molecule has 248 valence electrons. The minimum absolute atomic E-state index is 0.0140. The Labute approximate surface area is 266 Å². The highest BCUT2D eigenvalue weighted by Gasteiger charge is 2.52. The number of benzene rings is 1. The molecule has 0 radical (unpaired) electrons. The van der Waals surface area contributed by atoms with Gasteiger partial charge in [0.2, 0.25) is 0 Å². The number of hydrogen-bond acceptors (Lipinski definition) is 8. The van der Waals surface area contributed by atoms with Gasteiger partial charge in [-0.05, 0) is 108 Å². The molecule has 2 aliphatic rings. The second-order valence-electron chi connectivity index (χ2n) is 13.4. The van der Waals surface area contributed by atoms with E-state index in [1.54, 1.807) is 24.3 Å². The summed E-state index contributed by atoms with van der Waals surface area (Å²) in [5.74, 6) is 0.0437. The molecule has 1 fully saturated rings. The van der Waals surface area contributed by atoms with Gasteiger partial charge in [0, 0.05) is 13.2 Å². The Bertz CT molecular complexity index is 1250. The third-order valence-electron chi connectivity index (χ3n) is 9.82. The van der Waals surface area contributed by atoms with Crippen molar-refractivity contribution in [1.29, 1.82) is 5.26 Å². The van der Waals surface area contributed by atoms with Crippen molar-refractivity contribution in [1.82, 2.24) is 0 Å². The quantitative estimate of drug-likeness (QED) is 0.110. The van der Waals surface area contributed by atoms with Gasteiger partial charge in [0.05, 0.1) is 23.7 Å². The highest BCUT2D eigenvalue weighted by Crippen LogP contribution is 2.54. The van der Waals surface area contributed by atoms with E-state index in [0.717, 1.165) is 55.2 Å². The van der Waals surface area contributed by atoms with Crippen molar-refractivity contribution in [3.8, 4) is 6.07 Å². The van der Waals surface area contributed by atoms with Crippen LogP contribution in [-0.4, -0.2) is 53.0 Å². The lowest BCUT2D eigenvalue weighted by Gasteiger charge is -2.53. The van der Waals surface area contributed by atoms with E-state index in [9.17, 15) is 13.7 Å². The fraction of sp³-hybridized carbons (Fsp3) is 0.743. The lowest BCUT2D eigenvalue weighted by Crippen LogP contribution is -2.52. The molecule has 8 nitrogen and oxygen atoms in total. The summed E-state index contributed by atoms with van der Waals surface area (Å²) in [4.78, 5) is 0.166. The van der Waals surface area contributed by atoms with Crippen molar-refractivity contribution in [2.24, 2.45) is 22.7 Å². The van der Waals surface area contributed by atoms with Crippen LogP contribution in [0.2, 0.25) is 0 Å². The molecule has 1 aromatic carbocycles. The fourth-order valence-corrected chi connectivity index (χ4v) is 8.53. The number of nitrogens with zero attached hydrogens (tertiary/aromatic N) is 1. The SMILES string of the molecule is CCOC(C)OC(C#N)C1=C(C)CC[C@@H]([C@@H](OC(C)OCC)[C@@H]2CCCC[C@@]2(C)COS(=O)(=O)c2ccc(C)cc2)C1(C)C. The van der Waals surface area contributed by atoms with Gasteiger partial charge in [0.25, 0.3) is 10.1 Å². The highest BCUT2D eigenvalue weighted by molar-refractivity contribution is 7.86. The molecule has 2 aliphatic carbocycles. The molecular formula is C35H55NO7S. The zero-order valence-corrected chi connectivity index (χ0v) is 29.2. The Kier molecular flexibility index (Phi) is 13.1. The average molecular weight is 634 g/mol. The van der Waals surface area contributed by atoms with Gasteiger partial charge >= 0.3 is 0 Å². The molecule has 1 saturated carbocycles. The third kappa shape index (κ3) is 8.71. The van der Waals surface area contributed by atoms with E-state index in [4.69, 9.17) is 23.1 Å². The van der Waals surface area contributed by atoms with Gasteiger partial charge in [0.1, 0.15) is 0 Å². The Morgan fingerprint density at radius 2 is 1.55 bits per heavy atom. The standard InChI is InChI=1S/C35H55NO7S/c1-10-39-26(5)42-31(22-36)32-25(4)17-20-29(34(32,7)8)33(43-27(6)40-11-2)30-14-12-13-21-35(30,9)23-41-44(37,38)28-18-15-24(3)16-19-28/h15-16,18-19,26-27,29-31,33H,10-14,17,20-21,23H2,1-9H3/t26?,27?,29-,30-,31?,33+,35-/m0/s1. The number of aryl methyl sites for hydroxylation is 1. The van der Waals surface area contributed by atoms with Crippen LogP contribution < -0.4 is 0 Å². The summed E-state index contributed by atoms with van der Waals surface area (Å²) in [6, 6.07) is 9.17. The molecule has 0 aliphatic heterocycles. The largest absolute Gasteiger partial charge is 0.353 e. The zero-order valence-electron chi connectivity index (χ0n) is 28.4. The summed E-state index contributed by atoms with van der Waals surface area (Å²) < 4.78 is 56.9. The lowest BCUT2D eigenvalue weighted by atomic mass is 9.56. The summed E-state index contributed by atoms with van der Waals surface area (Å²) in [5.41, 5.74) is 2.24. The number of ether oxygens (including phenoxy) is 4. The maximum Gasteiger partial charge on any atom is 0.296 e. The van der Waals surface area contributed by atoms with Crippen LogP contribution in [0.3, 0.4) is 0 Å². The Morgan fingerprint density at radius 1 is 0.932 bits per heavy atom. The van der Waals surface area contributed by atoms with Crippen LogP contribution >= 0.6 is 0 Å². The van der Waals surface area contributed by atoms with Crippen LogP contribution in [0.1, 0.15) is 99.5 Å². The van der Waals surface area contributed by atoms with Crippen molar-refractivity contribution < 1.29 is 31.5 Å². The van der Waals surface area contributed by atoms with Crippen molar-refractivity contribution in [3.05, 3.63) is 41.0 Å². The van der Waals surface area contributed by atoms with Crippen LogP contribution in [0.4, 0.5) is 0 Å².